The fourth-order valence-electron chi connectivity index (χ4n) is 1.61. The van der Waals surface area contributed by atoms with Crippen LogP contribution >= 0.6 is 0 Å². The molecule has 1 aromatic carbocycles. The summed E-state index contributed by atoms with van der Waals surface area (Å²) in [5.41, 5.74) is 9.27. The van der Waals surface area contributed by atoms with Crippen molar-refractivity contribution in [3.63, 3.8) is 0 Å². The van der Waals surface area contributed by atoms with E-state index in [4.69, 9.17) is 10.5 Å². The van der Waals surface area contributed by atoms with Gasteiger partial charge in [-0.15, -0.1) is 0 Å². The van der Waals surface area contributed by atoms with Crippen LogP contribution in [-0.2, 0) is 6.42 Å². The Bertz CT molecular complexity index is 294. The van der Waals surface area contributed by atoms with E-state index in [1.165, 1.54) is 16.7 Å². The quantitative estimate of drug-likeness (QED) is 0.768. The van der Waals surface area contributed by atoms with E-state index in [1.54, 1.807) is 7.11 Å². The molecule has 72 valence electrons. The Morgan fingerprint density at radius 3 is 2.54 bits per heavy atom. The zero-order chi connectivity index (χ0) is 9.84. The molecule has 0 amide bonds. The van der Waals surface area contributed by atoms with Gasteiger partial charge in [-0.2, -0.15) is 0 Å². The molecule has 1 rings (SSSR count). The topological polar surface area (TPSA) is 35.2 Å². The third-order valence-corrected chi connectivity index (χ3v) is 2.19. The van der Waals surface area contributed by atoms with Crippen LogP contribution in [0, 0.1) is 13.8 Å². The van der Waals surface area contributed by atoms with Crippen LogP contribution in [0.3, 0.4) is 0 Å². The fraction of sp³-hybridized carbons (Fsp3) is 0.455. The van der Waals surface area contributed by atoms with E-state index in [0.717, 1.165) is 12.2 Å². The number of ether oxygens (including phenoxy) is 1. The smallest absolute Gasteiger partial charge is 0.122 e. The Morgan fingerprint density at radius 1 is 1.31 bits per heavy atom. The van der Waals surface area contributed by atoms with Crippen LogP contribution < -0.4 is 10.5 Å². The van der Waals surface area contributed by atoms with E-state index in [0.29, 0.717) is 6.54 Å². The molecule has 0 radical (unpaired) electrons. The number of methoxy groups -OCH3 is 1. The highest BCUT2D eigenvalue weighted by atomic mass is 16.5. The van der Waals surface area contributed by atoms with Gasteiger partial charge in [0.25, 0.3) is 0 Å². The molecular formula is C11H17NO. The Labute approximate surface area is 79.7 Å². The van der Waals surface area contributed by atoms with E-state index < -0.39 is 0 Å². The van der Waals surface area contributed by atoms with Gasteiger partial charge in [0.15, 0.2) is 0 Å². The molecule has 0 atom stereocenters. The summed E-state index contributed by atoms with van der Waals surface area (Å²) in [7, 11) is 1.70. The van der Waals surface area contributed by atoms with Gasteiger partial charge in [-0.25, -0.2) is 0 Å². The number of hydrogen-bond acceptors (Lipinski definition) is 2. The lowest BCUT2D eigenvalue weighted by Gasteiger charge is -2.11. The second-order valence-electron chi connectivity index (χ2n) is 3.30. The lowest BCUT2D eigenvalue weighted by atomic mass is 10.0. The molecule has 0 aliphatic heterocycles. The van der Waals surface area contributed by atoms with E-state index in [2.05, 4.69) is 26.0 Å². The third kappa shape index (κ3) is 2.22. The van der Waals surface area contributed by atoms with Gasteiger partial charge in [-0.1, -0.05) is 6.07 Å². The van der Waals surface area contributed by atoms with Crippen LogP contribution in [0.5, 0.6) is 5.75 Å². The minimum absolute atomic E-state index is 0.667. The van der Waals surface area contributed by atoms with Crippen molar-refractivity contribution in [3.8, 4) is 5.75 Å². The second kappa shape index (κ2) is 4.28. The van der Waals surface area contributed by atoms with Crippen LogP contribution in [0.2, 0.25) is 0 Å². The average Bonchev–Trinajstić information content (AvgIpc) is 2.09. The summed E-state index contributed by atoms with van der Waals surface area (Å²) in [6, 6.07) is 4.21. The molecular weight excluding hydrogens is 162 g/mol. The highest BCUT2D eigenvalue weighted by Crippen LogP contribution is 2.24. The molecule has 0 aliphatic carbocycles. The Balaban J connectivity index is 3.13. The largest absolute Gasteiger partial charge is 0.496 e. The summed E-state index contributed by atoms with van der Waals surface area (Å²) >= 11 is 0. The van der Waals surface area contributed by atoms with Crippen molar-refractivity contribution >= 4 is 0 Å². The van der Waals surface area contributed by atoms with Crippen molar-refractivity contribution in [1.82, 2.24) is 0 Å². The molecule has 2 nitrogen and oxygen atoms in total. The highest BCUT2D eigenvalue weighted by Gasteiger charge is 2.05. The zero-order valence-corrected chi connectivity index (χ0v) is 8.55. The molecule has 0 heterocycles. The van der Waals surface area contributed by atoms with Gasteiger partial charge in [0.1, 0.15) is 5.75 Å². The van der Waals surface area contributed by atoms with Crippen LogP contribution in [0.25, 0.3) is 0 Å². The first-order chi connectivity index (χ1) is 6.19. The molecule has 13 heavy (non-hydrogen) atoms. The first-order valence-corrected chi connectivity index (χ1v) is 4.53. The number of rotatable bonds is 3. The van der Waals surface area contributed by atoms with Crippen molar-refractivity contribution in [2.45, 2.75) is 20.3 Å². The molecule has 0 spiro atoms. The van der Waals surface area contributed by atoms with Gasteiger partial charge in [0.05, 0.1) is 7.11 Å². The molecule has 2 N–H and O–H groups in total. The van der Waals surface area contributed by atoms with Crippen LogP contribution in [-0.4, -0.2) is 13.7 Å². The molecule has 0 aliphatic rings. The first-order valence-electron chi connectivity index (χ1n) is 4.53. The van der Waals surface area contributed by atoms with Crippen molar-refractivity contribution < 1.29 is 4.74 Å². The maximum absolute atomic E-state index is 5.54. The number of hydrogen-bond donors (Lipinski definition) is 1. The second-order valence-corrected chi connectivity index (χ2v) is 3.30. The van der Waals surface area contributed by atoms with Gasteiger partial charge < -0.3 is 10.5 Å². The molecule has 2 heteroatoms. The predicted octanol–water partition coefficient (Wildman–Crippen LogP) is 1.81. The third-order valence-electron chi connectivity index (χ3n) is 2.19. The highest BCUT2D eigenvalue weighted by molar-refractivity contribution is 5.43. The van der Waals surface area contributed by atoms with E-state index in [9.17, 15) is 0 Å². The Kier molecular flexibility index (Phi) is 3.32. The maximum Gasteiger partial charge on any atom is 0.122 e. The summed E-state index contributed by atoms with van der Waals surface area (Å²) in [6.07, 6.45) is 0.884. The van der Waals surface area contributed by atoms with E-state index >= 15 is 0 Å². The number of nitrogens with two attached hydrogens (primary N) is 1. The molecule has 0 unspecified atom stereocenters. The van der Waals surface area contributed by atoms with Crippen molar-refractivity contribution in [2.75, 3.05) is 13.7 Å². The summed E-state index contributed by atoms with van der Waals surface area (Å²) in [5, 5.41) is 0. The van der Waals surface area contributed by atoms with Gasteiger partial charge in [-0.05, 0) is 49.6 Å². The normalized spacial score (nSPS) is 10.2. The summed E-state index contributed by atoms with van der Waals surface area (Å²) in [6.45, 7) is 4.84. The van der Waals surface area contributed by atoms with Crippen LogP contribution in [0.1, 0.15) is 16.7 Å². The average molecular weight is 179 g/mol. The first kappa shape index (κ1) is 10.1. The van der Waals surface area contributed by atoms with Crippen molar-refractivity contribution in [2.24, 2.45) is 5.73 Å². The molecule has 0 fully saturated rings. The molecule has 0 bridgehead atoms. The zero-order valence-electron chi connectivity index (χ0n) is 8.55. The molecule has 0 saturated heterocycles. The Morgan fingerprint density at radius 2 is 2.00 bits per heavy atom. The number of aryl methyl sites for hydroxylation is 2. The lowest BCUT2D eigenvalue weighted by molar-refractivity contribution is 0.409. The van der Waals surface area contributed by atoms with Gasteiger partial charge in [-0.3, -0.25) is 0 Å². The van der Waals surface area contributed by atoms with E-state index in [1.807, 2.05) is 0 Å². The van der Waals surface area contributed by atoms with Gasteiger partial charge in [0.2, 0.25) is 0 Å². The monoisotopic (exact) mass is 179 g/mol. The number of benzene rings is 1. The molecule has 1 aromatic rings. The Hall–Kier alpha value is -1.02. The maximum atomic E-state index is 5.54. The predicted molar refractivity (Wildman–Crippen MR) is 55.2 cm³/mol. The van der Waals surface area contributed by atoms with E-state index in [-0.39, 0.29) is 0 Å². The standard InChI is InChI=1S/C11H17NO/c1-8-6-9(2)10(4-5-12)11(7-8)13-3/h6-7H,4-5,12H2,1-3H3. The SMILES string of the molecule is COc1cc(C)cc(C)c1CCN. The molecule has 0 saturated carbocycles. The summed E-state index contributed by atoms with van der Waals surface area (Å²) in [5.74, 6) is 0.961. The lowest BCUT2D eigenvalue weighted by Crippen LogP contribution is -2.06. The van der Waals surface area contributed by atoms with Crippen LogP contribution in [0.15, 0.2) is 12.1 Å². The summed E-state index contributed by atoms with van der Waals surface area (Å²) < 4.78 is 5.30. The van der Waals surface area contributed by atoms with Gasteiger partial charge in [0, 0.05) is 0 Å². The van der Waals surface area contributed by atoms with Crippen LogP contribution in [0.4, 0.5) is 0 Å². The molecule has 0 aromatic heterocycles. The fourth-order valence-corrected chi connectivity index (χ4v) is 1.61. The van der Waals surface area contributed by atoms with Gasteiger partial charge >= 0.3 is 0 Å². The summed E-state index contributed by atoms with van der Waals surface area (Å²) in [4.78, 5) is 0. The van der Waals surface area contributed by atoms with Crippen molar-refractivity contribution in [3.05, 3.63) is 28.8 Å². The minimum Gasteiger partial charge on any atom is -0.496 e. The minimum atomic E-state index is 0.667. The van der Waals surface area contributed by atoms with Crippen molar-refractivity contribution in [1.29, 1.82) is 0 Å².